The second-order valence-corrected chi connectivity index (χ2v) is 2.63. The highest BCUT2D eigenvalue weighted by molar-refractivity contribution is 5.99. The molecule has 0 spiro atoms. The lowest BCUT2D eigenvalue weighted by atomic mass is 10.1. The van der Waals surface area contributed by atoms with E-state index in [1.165, 1.54) is 0 Å². The third-order valence-electron chi connectivity index (χ3n) is 1.86. The minimum atomic E-state index is -0.0345. The van der Waals surface area contributed by atoms with Gasteiger partial charge in [0.2, 0.25) is 0 Å². The van der Waals surface area contributed by atoms with Crippen LogP contribution in [-0.4, -0.2) is 5.78 Å². The number of allylic oxidation sites excluding steroid dienone is 2. The zero-order chi connectivity index (χ0) is 7.72. The maximum absolute atomic E-state index is 11.0. The van der Waals surface area contributed by atoms with Crippen LogP contribution in [0.2, 0.25) is 0 Å². The van der Waals surface area contributed by atoms with Crippen molar-refractivity contribution in [1.29, 1.82) is 0 Å². The Balaban J connectivity index is 2.94. The number of Topliss-reactive ketones (excluding diaryl/α,β-unsaturated/α-hetero) is 1. The highest BCUT2D eigenvalue weighted by Crippen LogP contribution is 2.27. The normalized spacial score (nSPS) is 25.8. The van der Waals surface area contributed by atoms with Gasteiger partial charge in [0.05, 0.1) is 5.70 Å². The van der Waals surface area contributed by atoms with E-state index in [-0.39, 0.29) is 11.7 Å². The molecule has 0 saturated carbocycles. The fourth-order valence-electron chi connectivity index (χ4n) is 1.15. The van der Waals surface area contributed by atoms with E-state index in [1.54, 1.807) is 6.92 Å². The number of nitrogens with zero attached hydrogens (tertiary/aromatic N) is 1. The minimum absolute atomic E-state index is 0.0345. The Bertz CT molecular complexity index is 218. The standard InChI is InChI=1S/C7H9NO2/c1-4-3-6(8-10)5(2)7(4)9/h4H,3H2,1-2H3. The van der Waals surface area contributed by atoms with Gasteiger partial charge in [0.25, 0.3) is 0 Å². The van der Waals surface area contributed by atoms with E-state index in [9.17, 15) is 9.70 Å². The van der Waals surface area contributed by atoms with E-state index in [1.807, 2.05) is 6.92 Å². The number of carbonyl (C=O) groups is 1. The second kappa shape index (κ2) is 2.33. The Morgan fingerprint density at radius 2 is 2.20 bits per heavy atom. The first-order chi connectivity index (χ1) is 4.66. The van der Waals surface area contributed by atoms with Crippen molar-refractivity contribution < 1.29 is 4.79 Å². The minimum Gasteiger partial charge on any atom is -0.294 e. The molecule has 0 fully saturated rings. The van der Waals surface area contributed by atoms with Crippen LogP contribution in [0.5, 0.6) is 0 Å². The van der Waals surface area contributed by atoms with Crippen molar-refractivity contribution in [3.8, 4) is 0 Å². The van der Waals surface area contributed by atoms with Crippen LogP contribution < -0.4 is 0 Å². The van der Waals surface area contributed by atoms with E-state index < -0.39 is 0 Å². The predicted molar refractivity (Wildman–Crippen MR) is 37.3 cm³/mol. The average molecular weight is 139 g/mol. The zero-order valence-electron chi connectivity index (χ0n) is 6.05. The van der Waals surface area contributed by atoms with Gasteiger partial charge in [-0.3, -0.25) is 4.79 Å². The maximum Gasteiger partial charge on any atom is 0.163 e. The lowest BCUT2D eigenvalue weighted by molar-refractivity contribution is -0.117. The quantitative estimate of drug-likeness (QED) is 0.518. The van der Waals surface area contributed by atoms with Gasteiger partial charge in [-0.05, 0) is 12.1 Å². The van der Waals surface area contributed by atoms with Crippen molar-refractivity contribution in [1.82, 2.24) is 0 Å². The topological polar surface area (TPSA) is 46.5 Å². The Morgan fingerprint density at radius 1 is 1.60 bits per heavy atom. The molecule has 0 amide bonds. The molecule has 3 heteroatoms. The van der Waals surface area contributed by atoms with Gasteiger partial charge in [0, 0.05) is 17.9 Å². The van der Waals surface area contributed by atoms with Gasteiger partial charge in [-0.2, -0.15) is 0 Å². The van der Waals surface area contributed by atoms with Crippen molar-refractivity contribution >= 4 is 5.78 Å². The molecular weight excluding hydrogens is 130 g/mol. The molecule has 0 aromatic rings. The smallest absolute Gasteiger partial charge is 0.163 e. The van der Waals surface area contributed by atoms with Crippen LogP contribution in [0.4, 0.5) is 0 Å². The molecule has 0 N–H and O–H groups in total. The number of hydrogen-bond donors (Lipinski definition) is 0. The summed E-state index contributed by atoms with van der Waals surface area (Å²) in [7, 11) is 0. The summed E-state index contributed by atoms with van der Waals surface area (Å²) in [5, 5.41) is 2.78. The molecule has 10 heavy (non-hydrogen) atoms. The molecule has 0 aliphatic heterocycles. The van der Waals surface area contributed by atoms with Crippen molar-refractivity contribution in [2.45, 2.75) is 20.3 Å². The fourth-order valence-corrected chi connectivity index (χ4v) is 1.15. The number of rotatable bonds is 1. The first-order valence-electron chi connectivity index (χ1n) is 3.24. The van der Waals surface area contributed by atoms with Gasteiger partial charge in [0.1, 0.15) is 0 Å². The third kappa shape index (κ3) is 0.875. The van der Waals surface area contributed by atoms with Gasteiger partial charge in [0.15, 0.2) is 5.78 Å². The summed E-state index contributed by atoms with van der Waals surface area (Å²) in [5.41, 5.74) is 0.972. The Morgan fingerprint density at radius 3 is 2.40 bits per heavy atom. The summed E-state index contributed by atoms with van der Waals surface area (Å²) in [6.07, 6.45) is 0.522. The first-order valence-corrected chi connectivity index (χ1v) is 3.24. The van der Waals surface area contributed by atoms with Crippen LogP contribution in [0, 0.1) is 10.8 Å². The molecule has 1 aliphatic rings. The molecule has 1 rings (SSSR count). The summed E-state index contributed by atoms with van der Waals surface area (Å²) in [6.45, 7) is 3.46. The first kappa shape index (κ1) is 7.12. The molecule has 54 valence electrons. The van der Waals surface area contributed by atoms with Gasteiger partial charge >= 0.3 is 0 Å². The summed E-state index contributed by atoms with van der Waals surface area (Å²) in [4.78, 5) is 21.1. The SMILES string of the molecule is CC1=C(N=O)CC(C)C1=O. The Kier molecular flexibility index (Phi) is 1.66. The van der Waals surface area contributed by atoms with Crippen LogP contribution in [-0.2, 0) is 4.79 Å². The van der Waals surface area contributed by atoms with Crippen molar-refractivity contribution in [3.63, 3.8) is 0 Å². The molecule has 1 unspecified atom stereocenters. The molecule has 3 nitrogen and oxygen atoms in total. The lowest BCUT2D eigenvalue weighted by Crippen LogP contribution is -2.03. The van der Waals surface area contributed by atoms with Crippen molar-refractivity contribution in [2.24, 2.45) is 11.1 Å². The fraction of sp³-hybridized carbons (Fsp3) is 0.571. The van der Waals surface area contributed by atoms with E-state index in [2.05, 4.69) is 5.18 Å². The second-order valence-electron chi connectivity index (χ2n) is 2.63. The van der Waals surface area contributed by atoms with Gasteiger partial charge in [-0.1, -0.05) is 6.92 Å². The van der Waals surface area contributed by atoms with E-state index >= 15 is 0 Å². The molecule has 0 aromatic heterocycles. The molecule has 0 radical (unpaired) electrons. The van der Waals surface area contributed by atoms with Gasteiger partial charge in [-0.15, -0.1) is 4.91 Å². The van der Waals surface area contributed by atoms with Crippen LogP contribution in [0.25, 0.3) is 0 Å². The zero-order valence-corrected chi connectivity index (χ0v) is 6.05. The summed E-state index contributed by atoms with van der Waals surface area (Å²) in [5.74, 6) is 0.0299. The summed E-state index contributed by atoms with van der Waals surface area (Å²) >= 11 is 0. The lowest BCUT2D eigenvalue weighted by Gasteiger charge is -1.94. The molecular formula is C7H9NO2. The van der Waals surface area contributed by atoms with Crippen LogP contribution in [0.15, 0.2) is 16.4 Å². The van der Waals surface area contributed by atoms with Gasteiger partial charge < -0.3 is 0 Å². The average Bonchev–Trinajstić information content (AvgIpc) is 2.17. The monoisotopic (exact) mass is 139 g/mol. The van der Waals surface area contributed by atoms with E-state index in [4.69, 9.17) is 0 Å². The molecule has 0 bridgehead atoms. The molecule has 0 saturated heterocycles. The van der Waals surface area contributed by atoms with Crippen LogP contribution in [0.1, 0.15) is 20.3 Å². The Labute approximate surface area is 59.1 Å². The number of nitroso groups, excluding NO2 is 1. The molecule has 1 aliphatic carbocycles. The predicted octanol–water partition coefficient (Wildman–Crippen LogP) is 1.64. The highest BCUT2D eigenvalue weighted by atomic mass is 16.3. The third-order valence-corrected chi connectivity index (χ3v) is 1.86. The molecule has 1 atom stereocenters. The van der Waals surface area contributed by atoms with Gasteiger partial charge in [-0.25, -0.2) is 0 Å². The van der Waals surface area contributed by atoms with Crippen LogP contribution >= 0.6 is 0 Å². The highest BCUT2D eigenvalue weighted by Gasteiger charge is 2.27. The molecule has 0 heterocycles. The summed E-state index contributed by atoms with van der Waals surface area (Å²) in [6, 6.07) is 0. The van der Waals surface area contributed by atoms with Crippen molar-refractivity contribution in [3.05, 3.63) is 16.2 Å². The van der Waals surface area contributed by atoms with E-state index in [0.717, 1.165) is 0 Å². The summed E-state index contributed by atoms with van der Waals surface area (Å²) < 4.78 is 0. The maximum atomic E-state index is 11.0. The van der Waals surface area contributed by atoms with Crippen LogP contribution in [0.3, 0.4) is 0 Å². The van der Waals surface area contributed by atoms with Crippen molar-refractivity contribution in [2.75, 3.05) is 0 Å². The number of hydrogen-bond acceptors (Lipinski definition) is 3. The number of ketones is 1. The Hall–Kier alpha value is -0.990. The number of carbonyl (C=O) groups excluding carboxylic acids is 1. The largest absolute Gasteiger partial charge is 0.294 e. The van der Waals surface area contributed by atoms with E-state index in [0.29, 0.717) is 17.7 Å². The molecule has 0 aromatic carbocycles.